The van der Waals surface area contributed by atoms with Gasteiger partial charge in [0.25, 0.3) is 0 Å². The number of para-hydroxylation sites is 1. The fourth-order valence-electron chi connectivity index (χ4n) is 1.83. The van der Waals surface area contributed by atoms with Crippen molar-refractivity contribution < 1.29 is 19.1 Å². The summed E-state index contributed by atoms with van der Waals surface area (Å²) in [6.07, 6.45) is 0. The normalized spacial score (nSPS) is 14.2. The average Bonchev–Trinajstić information content (AvgIpc) is 2.47. The fraction of sp³-hybridized carbons (Fsp3) is 0.286. The zero-order valence-corrected chi connectivity index (χ0v) is 13.3. The monoisotopic (exact) mass is 344 g/mol. The number of carbonyl (C=O) groups excluding carboxylic acids is 2. The third-order valence-electron chi connectivity index (χ3n) is 2.86. The summed E-state index contributed by atoms with van der Waals surface area (Å²) in [5, 5.41) is 5.72. The van der Waals surface area contributed by atoms with Crippen molar-refractivity contribution in [2.45, 2.75) is 6.92 Å². The van der Waals surface area contributed by atoms with Gasteiger partial charge in [-0.05, 0) is 19.1 Å². The third-order valence-corrected chi connectivity index (χ3v) is 3.45. The van der Waals surface area contributed by atoms with Gasteiger partial charge in [-0.15, -0.1) is 0 Å². The molecule has 1 aromatic rings. The standard InChI is InChI=1S/C14H14Cl2N2O4/c1-2-21-13(19)8-6-17-14(20)18-11(8)7-22-12-9(15)4-3-5-10(12)16/h3-5H,2,6-7H2,1H3,(H2,17,18,20). The molecule has 1 aromatic carbocycles. The van der Waals surface area contributed by atoms with Crippen molar-refractivity contribution in [3.8, 4) is 5.75 Å². The number of rotatable bonds is 5. The topological polar surface area (TPSA) is 76.7 Å². The predicted molar refractivity (Wildman–Crippen MR) is 82.2 cm³/mol. The smallest absolute Gasteiger partial charge is 0.337 e. The Labute approximate surface area is 137 Å². The van der Waals surface area contributed by atoms with Crippen LogP contribution in [-0.4, -0.2) is 31.8 Å². The molecule has 2 rings (SSSR count). The number of benzene rings is 1. The van der Waals surface area contributed by atoms with E-state index in [1.807, 2.05) is 0 Å². The van der Waals surface area contributed by atoms with Crippen molar-refractivity contribution >= 4 is 35.2 Å². The molecule has 8 heteroatoms. The van der Waals surface area contributed by atoms with Crippen LogP contribution < -0.4 is 15.4 Å². The summed E-state index contributed by atoms with van der Waals surface area (Å²) in [5.41, 5.74) is 0.614. The summed E-state index contributed by atoms with van der Waals surface area (Å²) in [7, 11) is 0. The number of ether oxygens (including phenoxy) is 2. The van der Waals surface area contributed by atoms with Crippen LogP contribution in [-0.2, 0) is 9.53 Å². The minimum Gasteiger partial charge on any atom is -0.484 e. The molecular formula is C14H14Cl2N2O4. The second-order valence-corrected chi connectivity index (χ2v) is 5.14. The minimum absolute atomic E-state index is 0.0645. The van der Waals surface area contributed by atoms with Crippen LogP contribution in [0.15, 0.2) is 29.5 Å². The lowest BCUT2D eigenvalue weighted by atomic mass is 10.1. The summed E-state index contributed by atoms with van der Waals surface area (Å²) in [6.45, 7) is 1.94. The summed E-state index contributed by atoms with van der Waals surface area (Å²) in [5.74, 6) is -0.229. The number of halogens is 2. The van der Waals surface area contributed by atoms with Gasteiger partial charge in [0.15, 0.2) is 5.75 Å². The third kappa shape index (κ3) is 3.84. The molecule has 118 valence electrons. The maximum atomic E-state index is 11.9. The highest BCUT2D eigenvalue weighted by molar-refractivity contribution is 6.37. The summed E-state index contributed by atoms with van der Waals surface area (Å²) in [6, 6.07) is 4.53. The molecule has 2 N–H and O–H groups in total. The van der Waals surface area contributed by atoms with E-state index in [0.717, 1.165) is 0 Å². The van der Waals surface area contributed by atoms with Crippen molar-refractivity contribution in [2.24, 2.45) is 0 Å². The van der Waals surface area contributed by atoms with Crippen LogP contribution in [0.3, 0.4) is 0 Å². The molecule has 22 heavy (non-hydrogen) atoms. The lowest BCUT2D eigenvalue weighted by molar-refractivity contribution is -0.138. The highest BCUT2D eigenvalue weighted by Gasteiger charge is 2.24. The molecule has 2 amide bonds. The Kier molecular flexibility index (Phi) is 5.51. The van der Waals surface area contributed by atoms with Crippen molar-refractivity contribution in [2.75, 3.05) is 19.8 Å². The molecule has 1 aliphatic rings. The molecule has 1 heterocycles. The summed E-state index contributed by atoms with van der Waals surface area (Å²) < 4.78 is 10.5. The van der Waals surface area contributed by atoms with Gasteiger partial charge >= 0.3 is 12.0 Å². The quantitative estimate of drug-likeness (QED) is 0.804. The van der Waals surface area contributed by atoms with Crippen LogP contribution in [0.4, 0.5) is 4.79 Å². The van der Waals surface area contributed by atoms with Gasteiger partial charge in [-0.2, -0.15) is 0 Å². The van der Waals surface area contributed by atoms with Crippen molar-refractivity contribution in [1.29, 1.82) is 0 Å². The highest BCUT2D eigenvalue weighted by atomic mass is 35.5. The predicted octanol–water partition coefficient (Wildman–Crippen LogP) is 2.50. The molecule has 0 fully saturated rings. The molecule has 0 radical (unpaired) electrons. The van der Waals surface area contributed by atoms with E-state index in [4.69, 9.17) is 32.7 Å². The van der Waals surface area contributed by atoms with Crippen LogP contribution in [0.1, 0.15) is 6.92 Å². The van der Waals surface area contributed by atoms with Crippen LogP contribution in [0.5, 0.6) is 5.75 Å². The van der Waals surface area contributed by atoms with Crippen molar-refractivity contribution in [3.63, 3.8) is 0 Å². The Morgan fingerprint density at radius 1 is 1.32 bits per heavy atom. The largest absolute Gasteiger partial charge is 0.484 e. The van der Waals surface area contributed by atoms with Gasteiger partial charge in [-0.3, -0.25) is 0 Å². The maximum absolute atomic E-state index is 11.9. The first-order valence-electron chi connectivity index (χ1n) is 6.53. The Balaban J connectivity index is 2.19. The van der Waals surface area contributed by atoms with E-state index < -0.39 is 12.0 Å². The number of hydrogen-bond donors (Lipinski definition) is 2. The number of esters is 1. The number of hydrogen-bond acceptors (Lipinski definition) is 4. The van der Waals surface area contributed by atoms with Crippen LogP contribution in [0.2, 0.25) is 10.0 Å². The Hall–Kier alpha value is -1.92. The molecule has 1 aliphatic heterocycles. The fourth-order valence-corrected chi connectivity index (χ4v) is 2.34. The Morgan fingerprint density at radius 3 is 2.64 bits per heavy atom. The molecule has 0 unspecified atom stereocenters. The molecule has 0 bridgehead atoms. The molecule has 0 atom stereocenters. The van der Waals surface area contributed by atoms with E-state index in [-0.39, 0.29) is 25.5 Å². The molecule has 0 spiro atoms. The van der Waals surface area contributed by atoms with Gasteiger partial charge < -0.3 is 20.1 Å². The zero-order valence-electron chi connectivity index (χ0n) is 11.7. The number of carbonyl (C=O) groups is 2. The van der Waals surface area contributed by atoms with Gasteiger partial charge in [0, 0.05) is 0 Å². The van der Waals surface area contributed by atoms with Crippen LogP contribution in [0, 0.1) is 0 Å². The van der Waals surface area contributed by atoms with Gasteiger partial charge in [0.1, 0.15) is 6.61 Å². The highest BCUT2D eigenvalue weighted by Crippen LogP contribution is 2.32. The minimum atomic E-state index is -0.515. The molecule has 0 saturated carbocycles. The Bertz CT molecular complexity index is 611. The maximum Gasteiger partial charge on any atom is 0.337 e. The Morgan fingerprint density at radius 2 is 2.00 bits per heavy atom. The molecule has 0 aliphatic carbocycles. The lowest BCUT2D eigenvalue weighted by Crippen LogP contribution is -2.45. The summed E-state index contributed by atoms with van der Waals surface area (Å²) >= 11 is 12.0. The van der Waals surface area contributed by atoms with Gasteiger partial charge in [0.05, 0.1) is 34.5 Å². The van der Waals surface area contributed by atoms with Crippen LogP contribution in [0.25, 0.3) is 0 Å². The molecule has 0 saturated heterocycles. The molecule has 0 aromatic heterocycles. The number of amides is 2. The van der Waals surface area contributed by atoms with E-state index in [2.05, 4.69) is 10.6 Å². The second-order valence-electron chi connectivity index (χ2n) is 4.32. The SMILES string of the molecule is CCOC(=O)C1=C(COc2c(Cl)cccc2Cl)NC(=O)NC1. The van der Waals surface area contributed by atoms with E-state index in [9.17, 15) is 9.59 Å². The van der Waals surface area contributed by atoms with E-state index >= 15 is 0 Å². The molecular weight excluding hydrogens is 331 g/mol. The number of urea groups is 1. The zero-order chi connectivity index (χ0) is 16.1. The summed E-state index contributed by atoms with van der Waals surface area (Å²) in [4.78, 5) is 23.3. The van der Waals surface area contributed by atoms with Gasteiger partial charge in [0.2, 0.25) is 0 Å². The molecule has 6 nitrogen and oxygen atoms in total. The van der Waals surface area contributed by atoms with E-state index in [0.29, 0.717) is 21.3 Å². The number of nitrogens with one attached hydrogen (secondary N) is 2. The van der Waals surface area contributed by atoms with Crippen LogP contribution >= 0.6 is 23.2 Å². The average molecular weight is 345 g/mol. The second kappa shape index (κ2) is 7.38. The lowest BCUT2D eigenvalue weighted by Gasteiger charge is -2.21. The first-order chi connectivity index (χ1) is 10.5. The van der Waals surface area contributed by atoms with E-state index in [1.165, 1.54) is 0 Å². The van der Waals surface area contributed by atoms with Gasteiger partial charge in [-0.1, -0.05) is 29.3 Å². The first kappa shape index (κ1) is 16.5. The van der Waals surface area contributed by atoms with E-state index in [1.54, 1.807) is 25.1 Å². The van der Waals surface area contributed by atoms with Crippen molar-refractivity contribution in [3.05, 3.63) is 39.5 Å². The first-order valence-corrected chi connectivity index (χ1v) is 7.29. The van der Waals surface area contributed by atoms with Crippen molar-refractivity contribution in [1.82, 2.24) is 10.6 Å². The van der Waals surface area contributed by atoms with Gasteiger partial charge in [-0.25, -0.2) is 9.59 Å².